The van der Waals surface area contributed by atoms with Gasteiger partial charge in [0.05, 0.1) is 0 Å². The molecular formula is C19H32N6. The number of hydrogen-bond acceptors (Lipinski definition) is 4. The van der Waals surface area contributed by atoms with Crippen LogP contribution in [0.25, 0.3) is 0 Å². The molecule has 0 amide bonds. The lowest BCUT2D eigenvalue weighted by molar-refractivity contribution is 0.312. The van der Waals surface area contributed by atoms with E-state index in [1.807, 2.05) is 19.3 Å². The number of pyridine rings is 1. The Hall–Kier alpha value is -2.08. The molecule has 0 atom stereocenters. The Balaban J connectivity index is 1.82. The van der Waals surface area contributed by atoms with E-state index in [9.17, 15) is 0 Å². The molecule has 25 heavy (non-hydrogen) atoms. The zero-order valence-corrected chi connectivity index (χ0v) is 15.9. The van der Waals surface area contributed by atoms with E-state index in [4.69, 9.17) is 0 Å². The standard InChI is InChI=1S/C19H32N6/c1-5-6-7-10-24(4)19(20-2)22-16-17-8-9-18(21-15-17)25-13-11-23(3)12-14-25/h5,8-9,15H,1,6-7,10-14,16H2,2-4H3,(H,20,22). The molecule has 2 rings (SSSR count). The Labute approximate surface area is 152 Å². The van der Waals surface area contributed by atoms with Crippen LogP contribution >= 0.6 is 0 Å². The lowest BCUT2D eigenvalue weighted by Gasteiger charge is -2.33. The molecule has 0 bridgehead atoms. The van der Waals surface area contributed by atoms with Gasteiger partial charge in [-0.25, -0.2) is 4.98 Å². The van der Waals surface area contributed by atoms with Crippen molar-refractivity contribution in [2.45, 2.75) is 19.4 Å². The Morgan fingerprint density at radius 1 is 1.36 bits per heavy atom. The molecule has 0 radical (unpaired) electrons. The predicted octanol–water partition coefficient (Wildman–Crippen LogP) is 1.81. The minimum absolute atomic E-state index is 0.731. The summed E-state index contributed by atoms with van der Waals surface area (Å²) in [6.45, 7) is 9.74. The molecule has 0 spiro atoms. The van der Waals surface area contributed by atoms with Crippen LogP contribution in [0.2, 0.25) is 0 Å². The molecule has 1 aliphatic rings. The van der Waals surface area contributed by atoms with Crippen molar-refractivity contribution in [1.82, 2.24) is 20.1 Å². The monoisotopic (exact) mass is 344 g/mol. The van der Waals surface area contributed by atoms with E-state index in [-0.39, 0.29) is 0 Å². The summed E-state index contributed by atoms with van der Waals surface area (Å²) in [5.41, 5.74) is 1.17. The number of unbranched alkanes of at least 4 members (excludes halogenated alkanes) is 1. The van der Waals surface area contributed by atoms with E-state index in [0.29, 0.717) is 0 Å². The molecule has 0 unspecified atom stereocenters. The van der Waals surface area contributed by atoms with Crippen LogP contribution in [0.1, 0.15) is 18.4 Å². The third kappa shape index (κ3) is 6.05. The van der Waals surface area contributed by atoms with Crippen LogP contribution in [-0.4, -0.2) is 74.6 Å². The van der Waals surface area contributed by atoms with Gasteiger partial charge in [0, 0.05) is 59.6 Å². The van der Waals surface area contributed by atoms with Crippen molar-refractivity contribution in [3.63, 3.8) is 0 Å². The van der Waals surface area contributed by atoms with Gasteiger partial charge in [0.15, 0.2) is 5.96 Å². The molecule has 1 N–H and O–H groups in total. The van der Waals surface area contributed by atoms with Crippen molar-refractivity contribution in [1.29, 1.82) is 0 Å². The Morgan fingerprint density at radius 3 is 2.72 bits per heavy atom. The van der Waals surface area contributed by atoms with Gasteiger partial charge in [0.25, 0.3) is 0 Å². The predicted molar refractivity (Wildman–Crippen MR) is 106 cm³/mol. The molecule has 0 aliphatic carbocycles. The molecule has 2 heterocycles. The Bertz CT molecular complexity index is 546. The molecule has 1 aromatic heterocycles. The van der Waals surface area contributed by atoms with Crippen molar-refractivity contribution < 1.29 is 0 Å². The molecular weight excluding hydrogens is 312 g/mol. The van der Waals surface area contributed by atoms with Gasteiger partial charge in [-0.15, -0.1) is 6.58 Å². The van der Waals surface area contributed by atoms with Crippen LogP contribution in [0.15, 0.2) is 36.0 Å². The summed E-state index contributed by atoms with van der Waals surface area (Å²) in [7, 11) is 6.05. The molecule has 1 saturated heterocycles. The topological polar surface area (TPSA) is 47.0 Å². The van der Waals surface area contributed by atoms with Gasteiger partial charge in [-0.05, 0) is 31.5 Å². The van der Waals surface area contributed by atoms with Crippen LogP contribution < -0.4 is 10.2 Å². The number of hydrogen-bond donors (Lipinski definition) is 1. The van der Waals surface area contributed by atoms with Crippen molar-refractivity contribution >= 4 is 11.8 Å². The number of aromatic nitrogens is 1. The van der Waals surface area contributed by atoms with E-state index in [0.717, 1.165) is 63.9 Å². The summed E-state index contributed by atoms with van der Waals surface area (Å²) < 4.78 is 0. The fourth-order valence-electron chi connectivity index (χ4n) is 2.89. The first-order valence-electron chi connectivity index (χ1n) is 9.05. The van der Waals surface area contributed by atoms with E-state index in [2.05, 4.69) is 62.8 Å². The van der Waals surface area contributed by atoms with E-state index >= 15 is 0 Å². The second kappa shape index (κ2) is 10.0. The maximum atomic E-state index is 4.64. The van der Waals surface area contributed by atoms with Crippen molar-refractivity contribution in [3.05, 3.63) is 36.5 Å². The van der Waals surface area contributed by atoms with Crippen LogP contribution in [-0.2, 0) is 6.54 Å². The quantitative estimate of drug-likeness (QED) is 0.354. The summed E-state index contributed by atoms with van der Waals surface area (Å²) in [5, 5.41) is 3.41. The number of rotatable bonds is 7. The number of piperazine rings is 1. The third-order valence-corrected chi connectivity index (χ3v) is 4.56. The molecule has 6 nitrogen and oxygen atoms in total. The van der Waals surface area contributed by atoms with Crippen LogP contribution in [0.5, 0.6) is 0 Å². The minimum atomic E-state index is 0.731. The zero-order chi connectivity index (χ0) is 18.1. The number of aliphatic imine (C=N–C) groups is 1. The molecule has 6 heteroatoms. The van der Waals surface area contributed by atoms with Crippen molar-refractivity contribution in [2.75, 3.05) is 58.8 Å². The molecule has 0 aromatic carbocycles. The smallest absolute Gasteiger partial charge is 0.193 e. The van der Waals surface area contributed by atoms with Crippen molar-refractivity contribution in [2.24, 2.45) is 4.99 Å². The SMILES string of the molecule is C=CCCCN(C)C(=NC)NCc1ccc(N2CCN(C)CC2)nc1. The van der Waals surface area contributed by atoms with Crippen LogP contribution in [0.4, 0.5) is 5.82 Å². The first-order chi connectivity index (χ1) is 12.1. The highest BCUT2D eigenvalue weighted by Crippen LogP contribution is 2.13. The normalized spacial score (nSPS) is 16.0. The lowest BCUT2D eigenvalue weighted by atomic mass is 10.2. The minimum Gasteiger partial charge on any atom is -0.354 e. The average molecular weight is 345 g/mol. The van der Waals surface area contributed by atoms with E-state index < -0.39 is 0 Å². The lowest BCUT2D eigenvalue weighted by Crippen LogP contribution is -2.44. The van der Waals surface area contributed by atoms with Gasteiger partial charge in [0.1, 0.15) is 5.82 Å². The number of likely N-dealkylation sites (N-methyl/N-ethyl adjacent to an activating group) is 1. The molecule has 0 saturated carbocycles. The zero-order valence-electron chi connectivity index (χ0n) is 15.9. The van der Waals surface area contributed by atoms with E-state index in [1.165, 1.54) is 5.56 Å². The maximum absolute atomic E-state index is 4.64. The highest BCUT2D eigenvalue weighted by atomic mass is 15.3. The number of nitrogens with one attached hydrogen (secondary N) is 1. The summed E-state index contributed by atoms with van der Waals surface area (Å²) in [4.78, 5) is 15.8. The first-order valence-corrected chi connectivity index (χ1v) is 9.05. The number of nitrogens with zero attached hydrogens (tertiary/aromatic N) is 5. The second-order valence-electron chi connectivity index (χ2n) is 6.57. The van der Waals surface area contributed by atoms with Gasteiger partial charge in [-0.1, -0.05) is 12.1 Å². The number of guanidine groups is 1. The van der Waals surface area contributed by atoms with Gasteiger partial charge >= 0.3 is 0 Å². The van der Waals surface area contributed by atoms with Crippen molar-refractivity contribution in [3.8, 4) is 0 Å². The summed E-state index contributed by atoms with van der Waals surface area (Å²) in [6.07, 6.45) is 6.03. The van der Waals surface area contributed by atoms with Gasteiger partial charge in [0.2, 0.25) is 0 Å². The molecule has 138 valence electrons. The summed E-state index contributed by atoms with van der Waals surface area (Å²) in [6, 6.07) is 4.28. The largest absolute Gasteiger partial charge is 0.354 e. The Kier molecular flexibility index (Phi) is 7.73. The highest BCUT2D eigenvalue weighted by molar-refractivity contribution is 5.79. The maximum Gasteiger partial charge on any atom is 0.193 e. The first kappa shape index (κ1) is 19.2. The van der Waals surface area contributed by atoms with Gasteiger partial charge < -0.3 is 20.0 Å². The van der Waals surface area contributed by atoms with Gasteiger partial charge in [-0.2, -0.15) is 0 Å². The average Bonchev–Trinajstić information content (AvgIpc) is 2.64. The summed E-state index contributed by atoms with van der Waals surface area (Å²) in [5.74, 6) is 1.98. The summed E-state index contributed by atoms with van der Waals surface area (Å²) >= 11 is 0. The molecule has 1 aromatic rings. The fraction of sp³-hybridized carbons (Fsp3) is 0.579. The highest BCUT2D eigenvalue weighted by Gasteiger charge is 2.15. The van der Waals surface area contributed by atoms with E-state index in [1.54, 1.807) is 0 Å². The van der Waals surface area contributed by atoms with Crippen LogP contribution in [0.3, 0.4) is 0 Å². The Morgan fingerprint density at radius 2 is 2.12 bits per heavy atom. The third-order valence-electron chi connectivity index (χ3n) is 4.56. The molecule has 1 aliphatic heterocycles. The number of allylic oxidation sites excluding steroid dienone is 1. The fourth-order valence-corrected chi connectivity index (χ4v) is 2.89. The van der Waals surface area contributed by atoms with Gasteiger partial charge in [-0.3, -0.25) is 4.99 Å². The second-order valence-corrected chi connectivity index (χ2v) is 6.57. The van der Waals surface area contributed by atoms with Crippen LogP contribution in [0, 0.1) is 0 Å². The molecule has 1 fully saturated rings. The number of anilines is 1.